The molecule has 8 heteroatoms. The molecule has 0 heterocycles. The molecule has 0 aliphatic carbocycles. The maximum atomic E-state index is 12.4. The maximum Gasteiger partial charge on any atom is 0.243 e. The number of hydrogen-bond donors (Lipinski definition) is 2. The average molecular weight is 323 g/mol. The summed E-state index contributed by atoms with van der Waals surface area (Å²) in [6.07, 6.45) is -0.898. The number of rotatable bonds is 6. The van der Waals surface area contributed by atoms with Gasteiger partial charge in [-0.3, -0.25) is 0 Å². The van der Waals surface area contributed by atoms with Crippen LogP contribution in [0.2, 0.25) is 5.02 Å². The predicted molar refractivity (Wildman–Crippen MR) is 78.3 cm³/mol. The second-order valence-electron chi connectivity index (χ2n) is 4.53. The molecule has 0 saturated carbocycles. The largest absolute Gasteiger partial charge is 0.397 e. The quantitative estimate of drug-likeness (QED) is 0.758. The highest BCUT2D eigenvalue weighted by atomic mass is 35.5. The number of nitrogens with zero attached hydrogens (tertiary/aromatic N) is 1. The summed E-state index contributed by atoms with van der Waals surface area (Å²) in [5, 5.41) is 9.93. The van der Waals surface area contributed by atoms with E-state index in [-0.39, 0.29) is 23.7 Å². The number of aliphatic hydroxyl groups is 1. The minimum Gasteiger partial charge on any atom is -0.397 e. The highest BCUT2D eigenvalue weighted by Crippen LogP contribution is 2.27. The van der Waals surface area contributed by atoms with Crippen molar-refractivity contribution in [1.82, 2.24) is 4.31 Å². The summed E-state index contributed by atoms with van der Waals surface area (Å²) in [4.78, 5) is 0.0755. The summed E-state index contributed by atoms with van der Waals surface area (Å²) >= 11 is 5.85. The molecule has 0 bridgehead atoms. The summed E-state index contributed by atoms with van der Waals surface area (Å²) in [7, 11) is -0.924. The Morgan fingerprint density at radius 2 is 2.10 bits per heavy atom. The van der Waals surface area contributed by atoms with Crippen LogP contribution in [-0.4, -0.2) is 51.2 Å². The molecule has 1 rings (SSSR count). The van der Waals surface area contributed by atoms with Crippen molar-refractivity contribution in [1.29, 1.82) is 0 Å². The molecule has 114 valence electrons. The number of likely N-dealkylation sites (N-methyl/N-ethyl adjacent to an activating group) is 1. The van der Waals surface area contributed by atoms with Crippen molar-refractivity contribution in [3.05, 3.63) is 22.7 Å². The molecular weight excluding hydrogens is 304 g/mol. The van der Waals surface area contributed by atoms with Crippen molar-refractivity contribution < 1.29 is 18.3 Å². The molecule has 0 radical (unpaired) electrons. The molecule has 0 spiro atoms. The third-order valence-electron chi connectivity index (χ3n) is 2.81. The van der Waals surface area contributed by atoms with Gasteiger partial charge in [-0.25, -0.2) is 8.42 Å². The van der Waals surface area contributed by atoms with Crippen molar-refractivity contribution in [3.63, 3.8) is 0 Å². The molecule has 1 unspecified atom stereocenters. The van der Waals surface area contributed by atoms with Gasteiger partial charge < -0.3 is 15.6 Å². The van der Waals surface area contributed by atoms with Crippen molar-refractivity contribution in [2.75, 3.05) is 33.0 Å². The summed E-state index contributed by atoms with van der Waals surface area (Å²) in [5.41, 5.74) is 6.34. The third kappa shape index (κ3) is 3.83. The standard InChI is InChI=1S/C12H19ClN2O4S/c1-8-4-10(13)11(14)5-12(8)20(17,18)15(2)6-9(16)7-19-3/h4-5,9,16H,6-7,14H2,1-3H3. The molecule has 0 saturated heterocycles. The van der Waals surface area contributed by atoms with Crippen LogP contribution in [0.1, 0.15) is 5.56 Å². The normalized spacial score (nSPS) is 13.7. The van der Waals surface area contributed by atoms with Crippen LogP contribution in [0.15, 0.2) is 17.0 Å². The Balaban J connectivity index is 3.07. The van der Waals surface area contributed by atoms with Crippen LogP contribution < -0.4 is 5.73 Å². The van der Waals surface area contributed by atoms with Crippen molar-refractivity contribution in [2.45, 2.75) is 17.9 Å². The highest BCUT2D eigenvalue weighted by Gasteiger charge is 2.25. The van der Waals surface area contributed by atoms with Gasteiger partial charge >= 0.3 is 0 Å². The number of benzene rings is 1. The number of sulfonamides is 1. The Hall–Kier alpha value is -0.860. The minimum absolute atomic E-state index is 0.0571. The highest BCUT2D eigenvalue weighted by molar-refractivity contribution is 7.89. The summed E-state index contributed by atoms with van der Waals surface area (Å²) in [6, 6.07) is 2.83. The van der Waals surface area contributed by atoms with E-state index in [1.165, 1.54) is 26.3 Å². The molecule has 0 aromatic heterocycles. The number of hydrogen-bond acceptors (Lipinski definition) is 5. The van der Waals surface area contributed by atoms with E-state index in [0.717, 1.165) is 4.31 Å². The number of anilines is 1. The third-order valence-corrected chi connectivity index (χ3v) is 5.10. The fourth-order valence-corrected chi connectivity index (χ4v) is 3.42. The van der Waals surface area contributed by atoms with Crippen LogP contribution >= 0.6 is 11.6 Å². The molecule has 1 aromatic carbocycles. The van der Waals surface area contributed by atoms with E-state index in [1.807, 2.05) is 0 Å². The van der Waals surface area contributed by atoms with Crippen LogP contribution in [0.4, 0.5) is 5.69 Å². The van der Waals surface area contributed by atoms with E-state index in [2.05, 4.69) is 0 Å². The zero-order valence-electron chi connectivity index (χ0n) is 11.6. The van der Waals surface area contributed by atoms with E-state index >= 15 is 0 Å². The summed E-state index contributed by atoms with van der Waals surface area (Å²) in [5.74, 6) is 0. The number of halogens is 1. The van der Waals surface area contributed by atoms with E-state index in [4.69, 9.17) is 22.1 Å². The van der Waals surface area contributed by atoms with Gasteiger partial charge in [-0.15, -0.1) is 0 Å². The van der Waals surface area contributed by atoms with Crippen LogP contribution in [0, 0.1) is 6.92 Å². The molecule has 6 nitrogen and oxygen atoms in total. The molecule has 0 amide bonds. The fraction of sp³-hybridized carbons (Fsp3) is 0.500. The molecule has 0 aliphatic rings. The smallest absolute Gasteiger partial charge is 0.243 e. The van der Waals surface area contributed by atoms with E-state index in [1.54, 1.807) is 6.92 Å². The zero-order chi connectivity index (χ0) is 15.5. The lowest BCUT2D eigenvalue weighted by atomic mass is 10.2. The van der Waals surface area contributed by atoms with E-state index < -0.39 is 16.1 Å². The lowest BCUT2D eigenvalue weighted by Crippen LogP contribution is -2.36. The first-order valence-electron chi connectivity index (χ1n) is 5.89. The Bertz CT molecular complexity index is 577. The van der Waals surface area contributed by atoms with E-state index in [0.29, 0.717) is 10.6 Å². The average Bonchev–Trinajstić information content (AvgIpc) is 2.33. The molecule has 1 atom stereocenters. The van der Waals surface area contributed by atoms with Crippen molar-refractivity contribution >= 4 is 27.3 Å². The van der Waals surface area contributed by atoms with Crippen LogP contribution in [0.5, 0.6) is 0 Å². The second-order valence-corrected chi connectivity index (χ2v) is 6.95. The van der Waals surface area contributed by atoms with Gasteiger partial charge in [0.1, 0.15) is 0 Å². The first kappa shape index (κ1) is 17.2. The molecule has 0 fully saturated rings. The number of nitrogens with two attached hydrogens (primary N) is 1. The van der Waals surface area contributed by atoms with Gasteiger partial charge in [0.05, 0.1) is 28.3 Å². The lowest BCUT2D eigenvalue weighted by Gasteiger charge is -2.21. The number of aliphatic hydroxyl groups excluding tert-OH is 1. The van der Waals surface area contributed by atoms with Crippen LogP contribution in [0.25, 0.3) is 0 Å². The zero-order valence-corrected chi connectivity index (χ0v) is 13.2. The first-order valence-corrected chi connectivity index (χ1v) is 7.71. The molecule has 3 N–H and O–H groups in total. The van der Waals surface area contributed by atoms with Crippen molar-refractivity contribution in [3.8, 4) is 0 Å². The molecule has 20 heavy (non-hydrogen) atoms. The lowest BCUT2D eigenvalue weighted by molar-refractivity contribution is 0.0554. The minimum atomic E-state index is -3.74. The summed E-state index contributed by atoms with van der Waals surface area (Å²) < 4.78 is 30.7. The fourth-order valence-electron chi connectivity index (χ4n) is 1.75. The topological polar surface area (TPSA) is 92.9 Å². The van der Waals surface area contributed by atoms with Gasteiger partial charge in [-0.2, -0.15) is 4.31 Å². The predicted octanol–water partition coefficient (Wildman–Crippen LogP) is 0.858. The van der Waals surface area contributed by atoms with Crippen LogP contribution in [0.3, 0.4) is 0 Å². The molecular formula is C12H19ClN2O4S. The molecule has 1 aromatic rings. The Morgan fingerprint density at radius 3 is 2.65 bits per heavy atom. The van der Waals surface area contributed by atoms with Gasteiger partial charge in [-0.1, -0.05) is 11.6 Å². The van der Waals surface area contributed by atoms with E-state index in [9.17, 15) is 13.5 Å². The Morgan fingerprint density at radius 1 is 1.50 bits per heavy atom. The maximum absolute atomic E-state index is 12.4. The number of methoxy groups -OCH3 is 1. The number of nitrogen functional groups attached to an aromatic ring is 1. The van der Waals surface area contributed by atoms with Gasteiger partial charge in [0.2, 0.25) is 10.0 Å². The van der Waals surface area contributed by atoms with Crippen LogP contribution in [-0.2, 0) is 14.8 Å². The van der Waals surface area contributed by atoms with Gasteiger partial charge in [-0.05, 0) is 24.6 Å². The number of ether oxygens (including phenoxy) is 1. The number of aryl methyl sites for hydroxylation is 1. The first-order chi connectivity index (χ1) is 9.20. The SMILES string of the molecule is COCC(O)CN(C)S(=O)(=O)c1cc(N)c(Cl)cc1C. The molecule has 0 aliphatic heterocycles. The van der Waals surface area contributed by atoms with Crippen molar-refractivity contribution in [2.24, 2.45) is 0 Å². The van der Waals surface area contributed by atoms with Gasteiger partial charge in [0.15, 0.2) is 0 Å². The Kier molecular flexibility index (Phi) is 5.79. The monoisotopic (exact) mass is 322 g/mol. The summed E-state index contributed by atoms with van der Waals surface area (Å²) in [6.45, 7) is 1.62. The second kappa shape index (κ2) is 6.73. The van der Waals surface area contributed by atoms with Gasteiger partial charge in [0.25, 0.3) is 0 Å². The Labute approximate surface area is 124 Å². The van der Waals surface area contributed by atoms with Gasteiger partial charge in [0, 0.05) is 20.7 Å².